The summed E-state index contributed by atoms with van der Waals surface area (Å²) in [5, 5.41) is 0.442. The van der Waals surface area contributed by atoms with Gasteiger partial charge >= 0.3 is 5.69 Å². The van der Waals surface area contributed by atoms with Crippen molar-refractivity contribution in [3.63, 3.8) is 0 Å². The highest BCUT2D eigenvalue weighted by Crippen LogP contribution is 2.23. The van der Waals surface area contributed by atoms with E-state index in [2.05, 4.69) is 9.97 Å². The van der Waals surface area contributed by atoms with Crippen molar-refractivity contribution in [3.05, 3.63) is 79.4 Å². The van der Waals surface area contributed by atoms with Gasteiger partial charge in [0, 0.05) is 18.3 Å². The van der Waals surface area contributed by atoms with E-state index in [1.807, 2.05) is 51.1 Å². The second-order valence-electron chi connectivity index (χ2n) is 7.40. The molecule has 29 heavy (non-hydrogen) atoms. The van der Waals surface area contributed by atoms with Crippen LogP contribution in [0.4, 0.5) is 0 Å². The summed E-state index contributed by atoms with van der Waals surface area (Å²) in [4.78, 5) is 35.0. The number of hydrogen-bond acceptors (Lipinski definition) is 5. The first-order chi connectivity index (χ1) is 13.8. The van der Waals surface area contributed by atoms with Crippen LogP contribution in [-0.2, 0) is 13.6 Å². The van der Waals surface area contributed by atoms with E-state index in [0.29, 0.717) is 28.4 Å². The molecule has 0 aliphatic carbocycles. The average molecular weight is 390 g/mol. The van der Waals surface area contributed by atoms with Gasteiger partial charge in [-0.25, -0.2) is 14.8 Å². The van der Waals surface area contributed by atoms with Crippen LogP contribution < -0.4 is 11.2 Å². The minimum atomic E-state index is -0.431. The molecule has 3 aromatic heterocycles. The lowest BCUT2D eigenvalue weighted by Crippen LogP contribution is -2.40. The maximum atomic E-state index is 13.1. The van der Waals surface area contributed by atoms with Crippen molar-refractivity contribution in [3.8, 4) is 11.5 Å². The van der Waals surface area contributed by atoms with E-state index in [-0.39, 0.29) is 12.1 Å². The summed E-state index contributed by atoms with van der Waals surface area (Å²) in [6, 6.07) is 9.67. The van der Waals surface area contributed by atoms with Crippen LogP contribution in [0.1, 0.15) is 28.3 Å². The standard InChI is InChI=1S/C22H22N4O3/c1-12-7-6-8-16(9-12)20-24-17(15(4)29-20)11-26-21(27)18-13(2)10-14(3)23-19(18)25(5)22(26)28/h6-10H,11H2,1-5H3. The second kappa shape index (κ2) is 6.84. The highest BCUT2D eigenvalue weighted by Gasteiger charge is 2.18. The average Bonchev–Trinajstić information content (AvgIpc) is 3.03. The molecule has 0 unspecified atom stereocenters. The molecule has 0 bridgehead atoms. The van der Waals surface area contributed by atoms with Gasteiger partial charge in [0.1, 0.15) is 17.1 Å². The number of aryl methyl sites for hydroxylation is 5. The molecule has 0 fully saturated rings. The van der Waals surface area contributed by atoms with Gasteiger partial charge in [-0.2, -0.15) is 0 Å². The fourth-order valence-corrected chi connectivity index (χ4v) is 3.58. The molecule has 0 spiro atoms. The Bertz CT molecular complexity index is 1380. The smallest absolute Gasteiger partial charge is 0.332 e. The molecule has 0 atom stereocenters. The van der Waals surface area contributed by atoms with Crippen molar-refractivity contribution in [2.45, 2.75) is 34.2 Å². The molecule has 148 valence electrons. The van der Waals surface area contributed by atoms with Gasteiger partial charge in [0.2, 0.25) is 5.89 Å². The fourth-order valence-electron chi connectivity index (χ4n) is 3.58. The van der Waals surface area contributed by atoms with Crippen molar-refractivity contribution in [1.29, 1.82) is 0 Å². The Hall–Kier alpha value is -3.48. The predicted molar refractivity (Wildman–Crippen MR) is 111 cm³/mol. The Labute approximate surface area is 167 Å². The molecular weight excluding hydrogens is 368 g/mol. The molecule has 7 nitrogen and oxygen atoms in total. The maximum absolute atomic E-state index is 13.1. The molecule has 0 saturated heterocycles. The van der Waals surface area contributed by atoms with Crippen LogP contribution in [0.2, 0.25) is 0 Å². The molecule has 4 rings (SSSR count). The lowest BCUT2D eigenvalue weighted by Gasteiger charge is -2.11. The highest BCUT2D eigenvalue weighted by atomic mass is 16.4. The van der Waals surface area contributed by atoms with E-state index in [1.165, 1.54) is 9.13 Å². The Morgan fingerprint density at radius 2 is 1.79 bits per heavy atom. The lowest BCUT2D eigenvalue weighted by molar-refractivity contribution is 0.536. The molecule has 0 amide bonds. The van der Waals surface area contributed by atoms with Crippen LogP contribution in [-0.4, -0.2) is 19.1 Å². The molecule has 7 heteroatoms. The first-order valence-corrected chi connectivity index (χ1v) is 9.37. The van der Waals surface area contributed by atoms with Crippen LogP contribution >= 0.6 is 0 Å². The molecule has 4 aromatic rings. The van der Waals surface area contributed by atoms with E-state index in [0.717, 1.165) is 22.4 Å². The SMILES string of the molecule is Cc1cccc(-c2nc(Cn3c(=O)c4c(C)cc(C)nc4n(C)c3=O)c(C)o2)c1. The summed E-state index contributed by atoms with van der Waals surface area (Å²) >= 11 is 0. The second-order valence-corrected chi connectivity index (χ2v) is 7.40. The van der Waals surface area contributed by atoms with Gasteiger partial charge in [-0.3, -0.25) is 13.9 Å². The fraction of sp³-hybridized carbons (Fsp3) is 0.273. The zero-order chi connectivity index (χ0) is 20.9. The summed E-state index contributed by atoms with van der Waals surface area (Å²) in [5.41, 5.74) is 3.65. The topological polar surface area (TPSA) is 82.9 Å². The number of fused-ring (bicyclic) bond motifs is 1. The summed E-state index contributed by atoms with van der Waals surface area (Å²) in [6.07, 6.45) is 0. The quantitative estimate of drug-likeness (QED) is 0.537. The van der Waals surface area contributed by atoms with Crippen molar-refractivity contribution in [2.24, 2.45) is 7.05 Å². The minimum absolute atomic E-state index is 0.0376. The number of hydrogen-bond donors (Lipinski definition) is 0. The Morgan fingerprint density at radius 1 is 1.03 bits per heavy atom. The summed E-state index contributed by atoms with van der Waals surface area (Å²) in [5.74, 6) is 1.05. The van der Waals surface area contributed by atoms with Crippen molar-refractivity contribution in [1.82, 2.24) is 19.1 Å². The van der Waals surface area contributed by atoms with Crippen molar-refractivity contribution < 1.29 is 4.42 Å². The van der Waals surface area contributed by atoms with Gasteiger partial charge in [-0.15, -0.1) is 0 Å². The van der Waals surface area contributed by atoms with Gasteiger partial charge in [0.25, 0.3) is 5.56 Å². The first-order valence-electron chi connectivity index (χ1n) is 9.37. The van der Waals surface area contributed by atoms with E-state index in [4.69, 9.17) is 4.42 Å². The Kier molecular flexibility index (Phi) is 4.45. The van der Waals surface area contributed by atoms with Crippen molar-refractivity contribution >= 4 is 11.0 Å². The van der Waals surface area contributed by atoms with Crippen LogP contribution in [0.3, 0.4) is 0 Å². The molecule has 0 aliphatic rings. The summed E-state index contributed by atoms with van der Waals surface area (Å²) in [6.45, 7) is 7.51. The normalized spacial score (nSPS) is 11.3. The van der Waals surface area contributed by atoms with E-state index in [1.54, 1.807) is 14.0 Å². The molecule has 0 N–H and O–H groups in total. The maximum Gasteiger partial charge on any atom is 0.332 e. The Balaban J connectivity index is 1.86. The molecule has 0 radical (unpaired) electrons. The monoisotopic (exact) mass is 390 g/mol. The predicted octanol–water partition coefficient (Wildman–Crippen LogP) is 3.03. The van der Waals surface area contributed by atoms with Gasteiger partial charge in [-0.1, -0.05) is 17.7 Å². The molecular formula is C22H22N4O3. The number of aromatic nitrogens is 4. The van der Waals surface area contributed by atoms with Crippen LogP contribution in [0.15, 0.2) is 44.3 Å². The number of oxazole rings is 1. The van der Waals surface area contributed by atoms with Gasteiger partial charge in [0.05, 0.1) is 11.9 Å². The largest absolute Gasteiger partial charge is 0.441 e. The van der Waals surface area contributed by atoms with Gasteiger partial charge in [-0.05, 0) is 51.5 Å². The van der Waals surface area contributed by atoms with Crippen LogP contribution in [0.25, 0.3) is 22.5 Å². The van der Waals surface area contributed by atoms with Crippen LogP contribution in [0.5, 0.6) is 0 Å². The molecule has 1 aromatic carbocycles. The third-order valence-electron chi connectivity index (χ3n) is 5.09. The molecule has 0 aliphatic heterocycles. The Morgan fingerprint density at radius 3 is 2.52 bits per heavy atom. The number of pyridine rings is 1. The summed E-state index contributed by atoms with van der Waals surface area (Å²) < 4.78 is 8.42. The lowest BCUT2D eigenvalue weighted by atomic mass is 10.1. The van der Waals surface area contributed by atoms with Gasteiger partial charge in [0.15, 0.2) is 0 Å². The zero-order valence-corrected chi connectivity index (χ0v) is 17.1. The number of benzene rings is 1. The van der Waals surface area contributed by atoms with Gasteiger partial charge < -0.3 is 4.42 Å². The third kappa shape index (κ3) is 3.18. The highest BCUT2D eigenvalue weighted by molar-refractivity contribution is 5.78. The molecule has 3 heterocycles. The van der Waals surface area contributed by atoms with Crippen LogP contribution in [0, 0.1) is 27.7 Å². The minimum Gasteiger partial charge on any atom is -0.441 e. The number of rotatable bonds is 3. The molecule has 0 saturated carbocycles. The van der Waals surface area contributed by atoms with E-state index >= 15 is 0 Å². The third-order valence-corrected chi connectivity index (χ3v) is 5.09. The van der Waals surface area contributed by atoms with Crippen molar-refractivity contribution in [2.75, 3.05) is 0 Å². The summed E-state index contributed by atoms with van der Waals surface area (Å²) in [7, 11) is 1.63. The number of nitrogens with zero attached hydrogens (tertiary/aromatic N) is 4. The van der Waals surface area contributed by atoms with E-state index < -0.39 is 5.69 Å². The first kappa shape index (κ1) is 18.9. The van der Waals surface area contributed by atoms with E-state index in [9.17, 15) is 9.59 Å². The zero-order valence-electron chi connectivity index (χ0n) is 17.1.